The fourth-order valence-electron chi connectivity index (χ4n) is 2.24. The summed E-state index contributed by atoms with van der Waals surface area (Å²) < 4.78 is 0. The molecule has 1 aliphatic heterocycles. The van der Waals surface area contributed by atoms with Crippen LogP contribution < -0.4 is 5.32 Å². The first-order chi connectivity index (χ1) is 8.59. The van der Waals surface area contributed by atoms with E-state index in [2.05, 4.69) is 30.4 Å². The van der Waals surface area contributed by atoms with Gasteiger partial charge < -0.3 is 10.4 Å². The Hall–Kier alpha value is -1.16. The Labute approximate surface area is 112 Å². The van der Waals surface area contributed by atoms with Crippen LogP contribution >= 0.6 is 11.8 Å². The molecule has 0 spiro atoms. The monoisotopic (exact) mass is 265 g/mol. The number of carboxylic acid groups (broad SMARTS) is 1. The van der Waals surface area contributed by atoms with Gasteiger partial charge in [-0.25, -0.2) is 0 Å². The van der Waals surface area contributed by atoms with Crippen molar-refractivity contribution in [3.05, 3.63) is 24.3 Å². The van der Waals surface area contributed by atoms with Crippen LogP contribution in [-0.2, 0) is 4.79 Å². The molecule has 18 heavy (non-hydrogen) atoms. The summed E-state index contributed by atoms with van der Waals surface area (Å²) in [5.74, 6) is -0.693. The molecule has 1 aliphatic rings. The fraction of sp³-hybridized carbons (Fsp3) is 0.500. The van der Waals surface area contributed by atoms with Gasteiger partial charge in [0.05, 0.1) is 4.87 Å². The van der Waals surface area contributed by atoms with Crippen LogP contribution in [-0.4, -0.2) is 15.9 Å². The number of carbonyl (C=O) groups is 1. The number of hydrogen-bond donors (Lipinski definition) is 2. The standard InChI is InChI=1S/C14H19NO2S/c1-14(10-6-2-3-9-13(16)17)15-11-7-4-5-8-12(11)18-14/h4-5,7-8,15H,2-3,6,9-10H2,1H3,(H,16,17). The van der Waals surface area contributed by atoms with E-state index in [0.29, 0.717) is 0 Å². The van der Waals surface area contributed by atoms with Gasteiger partial charge in [0.25, 0.3) is 0 Å². The van der Waals surface area contributed by atoms with Crippen LogP contribution in [0, 0.1) is 0 Å². The van der Waals surface area contributed by atoms with E-state index in [1.807, 2.05) is 17.8 Å². The molecule has 0 bridgehead atoms. The van der Waals surface area contributed by atoms with Gasteiger partial charge in [0.1, 0.15) is 0 Å². The number of fused-ring (bicyclic) bond motifs is 1. The highest BCUT2D eigenvalue weighted by Gasteiger charge is 2.31. The summed E-state index contributed by atoms with van der Waals surface area (Å²) in [5.41, 5.74) is 1.22. The lowest BCUT2D eigenvalue weighted by atomic mass is 10.1. The molecular formula is C14H19NO2S. The van der Waals surface area contributed by atoms with Gasteiger partial charge in [0, 0.05) is 17.0 Å². The summed E-state index contributed by atoms with van der Waals surface area (Å²) in [7, 11) is 0. The Kier molecular flexibility index (Phi) is 4.17. The lowest BCUT2D eigenvalue weighted by Gasteiger charge is -2.24. The molecule has 1 heterocycles. The van der Waals surface area contributed by atoms with Crippen LogP contribution in [0.15, 0.2) is 29.2 Å². The van der Waals surface area contributed by atoms with Crippen molar-refractivity contribution in [2.24, 2.45) is 0 Å². The van der Waals surface area contributed by atoms with Gasteiger partial charge in [-0.15, -0.1) is 0 Å². The second-order valence-electron chi connectivity index (χ2n) is 4.91. The maximum atomic E-state index is 10.4. The number of nitrogens with one attached hydrogen (secondary N) is 1. The van der Waals surface area contributed by atoms with Gasteiger partial charge in [-0.05, 0) is 31.9 Å². The predicted octanol–water partition coefficient (Wildman–Crippen LogP) is 3.96. The number of hydrogen-bond acceptors (Lipinski definition) is 3. The van der Waals surface area contributed by atoms with Crippen molar-refractivity contribution < 1.29 is 9.90 Å². The third kappa shape index (κ3) is 3.42. The predicted molar refractivity (Wildman–Crippen MR) is 75.0 cm³/mol. The summed E-state index contributed by atoms with van der Waals surface area (Å²) in [6.45, 7) is 2.22. The first kappa shape index (κ1) is 13.3. The lowest BCUT2D eigenvalue weighted by molar-refractivity contribution is -0.137. The molecule has 3 nitrogen and oxygen atoms in total. The number of benzene rings is 1. The third-order valence-corrected chi connectivity index (χ3v) is 4.50. The highest BCUT2D eigenvalue weighted by molar-refractivity contribution is 8.01. The SMILES string of the molecule is CC1(CCCCCC(=O)O)Nc2ccccc2S1. The molecule has 0 amide bonds. The van der Waals surface area contributed by atoms with E-state index < -0.39 is 5.97 Å². The average molecular weight is 265 g/mol. The minimum Gasteiger partial charge on any atom is -0.481 e. The second kappa shape index (κ2) is 5.65. The van der Waals surface area contributed by atoms with Crippen molar-refractivity contribution in [2.75, 3.05) is 5.32 Å². The highest BCUT2D eigenvalue weighted by Crippen LogP contribution is 2.47. The van der Waals surface area contributed by atoms with E-state index in [9.17, 15) is 4.79 Å². The zero-order chi connectivity index (χ0) is 13.0. The molecule has 0 saturated carbocycles. The van der Waals surface area contributed by atoms with E-state index in [4.69, 9.17) is 5.11 Å². The lowest BCUT2D eigenvalue weighted by Crippen LogP contribution is -2.26. The topological polar surface area (TPSA) is 49.3 Å². The number of aliphatic carboxylic acids is 1. The molecule has 1 atom stereocenters. The Balaban J connectivity index is 1.76. The van der Waals surface area contributed by atoms with E-state index in [1.165, 1.54) is 10.6 Å². The highest BCUT2D eigenvalue weighted by atomic mass is 32.2. The summed E-state index contributed by atoms with van der Waals surface area (Å²) in [6, 6.07) is 8.36. The third-order valence-electron chi connectivity index (χ3n) is 3.17. The van der Waals surface area contributed by atoms with Gasteiger partial charge in [-0.2, -0.15) is 0 Å². The zero-order valence-corrected chi connectivity index (χ0v) is 11.4. The number of para-hydroxylation sites is 1. The van der Waals surface area contributed by atoms with E-state index >= 15 is 0 Å². The Morgan fingerprint density at radius 1 is 1.33 bits per heavy atom. The van der Waals surface area contributed by atoms with Crippen LogP contribution in [0.5, 0.6) is 0 Å². The summed E-state index contributed by atoms with van der Waals surface area (Å²) in [4.78, 5) is 11.8. The number of unbranched alkanes of at least 4 members (excludes halogenated alkanes) is 2. The molecule has 1 aromatic carbocycles. The summed E-state index contributed by atoms with van der Waals surface area (Å²) in [6.07, 6.45) is 4.19. The maximum absolute atomic E-state index is 10.4. The molecule has 0 radical (unpaired) electrons. The minimum atomic E-state index is -0.693. The molecule has 2 rings (SSSR count). The van der Waals surface area contributed by atoms with Gasteiger partial charge in [0.2, 0.25) is 0 Å². The molecule has 0 saturated heterocycles. The van der Waals surface area contributed by atoms with Crippen LogP contribution in [0.25, 0.3) is 0 Å². The van der Waals surface area contributed by atoms with Crippen LogP contribution in [0.1, 0.15) is 39.0 Å². The van der Waals surface area contributed by atoms with Crippen molar-refractivity contribution in [3.63, 3.8) is 0 Å². The molecule has 2 N–H and O–H groups in total. The molecule has 4 heteroatoms. The van der Waals surface area contributed by atoms with Crippen molar-refractivity contribution in [2.45, 2.75) is 48.8 Å². The Morgan fingerprint density at radius 2 is 2.11 bits per heavy atom. The number of anilines is 1. The average Bonchev–Trinajstić information content (AvgIpc) is 2.64. The molecule has 0 aliphatic carbocycles. The Bertz CT molecular complexity index is 409. The molecule has 98 valence electrons. The number of rotatable bonds is 6. The first-order valence-corrected chi connectivity index (χ1v) is 7.19. The largest absolute Gasteiger partial charge is 0.481 e. The number of thioether (sulfide) groups is 1. The van der Waals surface area contributed by atoms with Crippen LogP contribution in [0.4, 0.5) is 5.69 Å². The Morgan fingerprint density at radius 3 is 2.83 bits per heavy atom. The normalized spacial score (nSPS) is 21.4. The maximum Gasteiger partial charge on any atom is 0.303 e. The van der Waals surface area contributed by atoms with Crippen molar-refractivity contribution in [3.8, 4) is 0 Å². The fourth-order valence-corrected chi connectivity index (χ4v) is 3.51. The molecule has 0 aromatic heterocycles. The summed E-state index contributed by atoms with van der Waals surface area (Å²) >= 11 is 1.88. The quantitative estimate of drug-likeness (QED) is 0.764. The molecule has 0 fully saturated rings. The van der Waals surface area contributed by atoms with Gasteiger partial charge in [-0.1, -0.05) is 36.7 Å². The first-order valence-electron chi connectivity index (χ1n) is 6.37. The van der Waals surface area contributed by atoms with Gasteiger partial charge in [0.15, 0.2) is 0 Å². The molecular weight excluding hydrogens is 246 g/mol. The van der Waals surface area contributed by atoms with Gasteiger partial charge >= 0.3 is 5.97 Å². The van der Waals surface area contributed by atoms with Crippen molar-refractivity contribution >= 4 is 23.4 Å². The van der Waals surface area contributed by atoms with Crippen molar-refractivity contribution in [1.82, 2.24) is 0 Å². The van der Waals surface area contributed by atoms with E-state index in [-0.39, 0.29) is 11.3 Å². The van der Waals surface area contributed by atoms with Gasteiger partial charge in [-0.3, -0.25) is 4.79 Å². The van der Waals surface area contributed by atoms with Crippen LogP contribution in [0.2, 0.25) is 0 Å². The summed E-state index contributed by atoms with van der Waals surface area (Å²) in [5, 5.41) is 12.1. The number of carboxylic acids is 1. The molecule has 1 unspecified atom stereocenters. The van der Waals surface area contributed by atoms with Crippen LogP contribution in [0.3, 0.4) is 0 Å². The van der Waals surface area contributed by atoms with E-state index in [1.54, 1.807) is 0 Å². The van der Waals surface area contributed by atoms with E-state index in [0.717, 1.165) is 25.7 Å². The second-order valence-corrected chi connectivity index (χ2v) is 6.45. The molecule has 1 aromatic rings. The van der Waals surface area contributed by atoms with Crippen molar-refractivity contribution in [1.29, 1.82) is 0 Å². The smallest absolute Gasteiger partial charge is 0.303 e. The zero-order valence-electron chi connectivity index (χ0n) is 10.6. The minimum absolute atomic E-state index is 0.0624.